The number of rotatable bonds is 10. The van der Waals surface area contributed by atoms with Gasteiger partial charge in [-0.1, -0.05) is 11.6 Å². The summed E-state index contributed by atoms with van der Waals surface area (Å²) in [6.45, 7) is 4.25. The number of benzene rings is 1. The number of hydrogen-bond acceptors (Lipinski definition) is 7. The average molecular weight is 471 g/mol. The number of esters is 2. The Hall–Kier alpha value is -2.69. The molecule has 9 nitrogen and oxygen atoms in total. The van der Waals surface area contributed by atoms with Crippen LogP contribution in [-0.2, 0) is 24.3 Å². The molecule has 1 heterocycles. The molecule has 0 bridgehead atoms. The van der Waals surface area contributed by atoms with Crippen molar-refractivity contribution in [3.63, 3.8) is 0 Å². The summed E-state index contributed by atoms with van der Waals surface area (Å²) in [4.78, 5) is 39.5. The number of carbonyl (C=O) groups is 3. The van der Waals surface area contributed by atoms with Gasteiger partial charge in [0.25, 0.3) is 0 Å². The van der Waals surface area contributed by atoms with E-state index in [4.69, 9.17) is 21.1 Å². The maximum absolute atomic E-state index is 12.5. The van der Waals surface area contributed by atoms with Crippen LogP contribution >= 0.6 is 11.6 Å². The number of aromatic nitrogens is 1. The number of nitrogens with one attached hydrogen (secondary N) is 2. The molecule has 2 aromatic rings. The predicted molar refractivity (Wildman–Crippen MR) is 113 cm³/mol. The van der Waals surface area contributed by atoms with Crippen molar-refractivity contribution in [1.29, 1.82) is 0 Å². The minimum atomic E-state index is -3.81. The highest BCUT2D eigenvalue weighted by Crippen LogP contribution is 2.20. The van der Waals surface area contributed by atoms with Gasteiger partial charge < -0.3 is 14.5 Å². The number of ketones is 1. The van der Waals surface area contributed by atoms with Gasteiger partial charge in [0.2, 0.25) is 15.8 Å². The lowest BCUT2D eigenvalue weighted by molar-refractivity contribution is -0.142. The maximum Gasteiger partial charge on any atom is 0.340 e. The summed E-state index contributed by atoms with van der Waals surface area (Å²) in [6, 6.07) is 5.55. The lowest BCUT2D eigenvalue weighted by Gasteiger charge is -2.08. The molecule has 0 unspecified atom stereocenters. The molecule has 1 aromatic carbocycles. The van der Waals surface area contributed by atoms with E-state index in [1.807, 2.05) is 0 Å². The van der Waals surface area contributed by atoms with Gasteiger partial charge in [0, 0.05) is 23.0 Å². The molecule has 0 aliphatic rings. The number of Topliss-reactive ketones (excluding diaryl/α,β-unsaturated/α-hetero) is 1. The molecule has 1 aromatic heterocycles. The zero-order valence-electron chi connectivity index (χ0n) is 17.3. The van der Waals surface area contributed by atoms with Crippen LogP contribution < -0.4 is 4.72 Å². The van der Waals surface area contributed by atoms with Gasteiger partial charge in [-0.3, -0.25) is 9.59 Å². The Morgan fingerprint density at radius 3 is 2.26 bits per heavy atom. The molecule has 2 rings (SSSR count). The number of halogens is 1. The lowest BCUT2D eigenvalue weighted by Crippen LogP contribution is -2.27. The summed E-state index contributed by atoms with van der Waals surface area (Å²) in [5.41, 5.74) is 1.14. The van der Waals surface area contributed by atoms with E-state index in [9.17, 15) is 22.8 Å². The van der Waals surface area contributed by atoms with Crippen molar-refractivity contribution in [3.05, 3.63) is 51.8 Å². The summed E-state index contributed by atoms with van der Waals surface area (Å²) in [7, 11) is -3.81. The van der Waals surface area contributed by atoms with Crippen LogP contribution in [0.4, 0.5) is 0 Å². The molecule has 0 spiro atoms. The van der Waals surface area contributed by atoms with Crippen LogP contribution in [0.3, 0.4) is 0 Å². The molecule has 0 atom stereocenters. The smallest absolute Gasteiger partial charge is 0.340 e. The highest BCUT2D eigenvalue weighted by Gasteiger charge is 2.26. The maximum atomic E-state index is 12.5. The topological polar surface area (TPSA) is 132 Å². The SMILES string of the molecule is CCOC(=O)c1c(C)[nH]c(C)c1C(=O)COC(=O)CCNS(=O)(=O)c1ccc(Cl)cc1. The number of hydrogen-bond donors (Lipinski definition) is 2. The van der Waals surface area contributed by atoms with Crippen molar-refractivity contribution in [2.75, 3.05) is 19.8 Å². The second kappa shape index (κ2) is 10.6. The van der Waals surface area contributed by atoms with Gasteiger partial charge in [-0.15, -0.1) is 0 Å². The molecule has 0 amide bonds. The molecule has 0 radical (unpaired) electrons. The molecule has 0 saturated heterocycles. The van der Waals surface area contributed by atoms with Crippen LogP contribution in [0.1, 0.15) is 45.4 Å². The summed E-state index contributed by atoms with van der Waals surface area (Å²) in [6.07, 6.45) is -0.282. The molecular weight excluding hydrogens is 448 g/mol. The van der Waals surface area contributed by atoms with E-state index < -0.39 is 34.4 Å². The highest BCUT2D eigenvalue weighted by atomic mass is 35.5. The molecule has 0 fully saturated rings. The van der Waals surface area contributed by atoms with E-state index in [0.717, 1.165) is 0 Å². The van der Waals surface area contributed by atoms with Gasteiger partial charge in [0.1, 0.15) is 0 Å². The summed E-state index contributed by atoms with van der Waals surface area (Å²) < 4.78 is 36.5. The molecule has 0 aliphatic heterocycles. The fourth-order valence-corrected chi connectivity index (χ4v) is 4.02. The number of aryl methyl sites for hydroxylation is 2. The number of sulfonamides is 1. The Morgan fingerprint density at radius 1 is 1.03 bits per heavy atom. The monoisotopic (exact) mass is 470 g/mol. The molecule has 0 saturated carbocycles. The minimum absolute atomic E-state index is 0.00485. The third-order valence-electron chi connectivity index (χ3n) is 4.24. The van der Waals surface area contributed by atoms with Crippen LogP contribution in [0, 0.1) is 13.8 Å². The van der Waals surface area contributed by atoms with Crippen molar-refractivity contribution >= 4 is 39.3 Å². The second-order valence-electron chi connectivity index (χ2n) is 6.53. The molecule has 168 valence electrons. The summed E-state index contributed by atoms with van der Waals surface area (Å²) in [5.74, 6) is -1.98. The van der Waals surface area contributed by atoms with Crippen molar-refractivity contribution in [3.8, 4) is 0 Å². The standard InChI is InChI=1S/C20H23ClN2O7S/c1-4-29-20(26)19-13(3)23-12(2)18(19)16(24)11-30-17(25)9-10-22-31(27,28)15-7-5-14(21)6-8-15/h5-8,22-23H,4,9-11H2,1-3H3. The van der Waals surface area contributed by atoms with E-state index in [2.05, 4.69) is 9.71 Å². The highest BCUT2D eigenvalue weighted by molar-refractivity contribution is 7.89. The first-order chi connectivity index (χ1) is 14.6. The lowest BCUT2D eigenvalue weighted by atomic mass is 10.1. The van der Waals surface area contributed by atoms with Crippen LogP contribution in [0.15, 0.2) is 29.2 Å². The van der Waals surface area contributed by atoms with E-state index in [-0.39, 0.29) is 35.6 Å². The Morgan fingerprint density at radius 2 is 1.65 bits per heavy atom. The van der Waals surface area contributed by atoms with Gasteiger partial charge in [-0.2, -0.15) is 0 Å². The van der Waals surface area contributed by atoms with E-state index in [1.165, 1.54) is 24.3 Å². The number of H-pyrrole nitrogens is 1. The summed E-state index contributed by atoms with van der Waals surface area (Å²) >= 11 is 5.73. The van der Waals surface area contributed by atoms with Gasteiger partial charge in [0.15, 0.2) is 6.61 Å². The van der Waals surface area contributed by atoms with Crippen LogP contribution in [0.5, 0.6) is 0 Å². The Balaban J connectivity index is 1.91. The van der Waals surface area contributed by atoms with Crippen LogP contribution in [0.2, 0.25) is 5.02 Å². The van der Waals surface area contributed by atoms with E-state index >= 15 is 0 Å². The molecule has 31 heavy (non-hydrogen) atoms. The molecule has 0 aliphatic carbocycles. The van der Waals surface area contributed by atoms with Crippen LogP contribution in [-0.4, -0.2) is 50.9 Å². The van der Waals surface area contributed by atoms with Crippen molar-refractivity contribution in [2.45, 2.75) is 32.1 Å². The Bertz CT molecular complexity index is 1080. The minimum Gasteiger partial charge on any atom is -0.462 e. The van der Waals surface area contributed by atoms with Crippen molar-refractivity contribution < 1.29 is 32.3 Å². The van der Waals surface area contributed by atoms with E-state index in [0.29, 0.717) is 16.4 Å². The number of carbonyl (C=O) groups excluding carboxylic acids is 3. The first-order valence-corrected chi connectivity index (χ1v) is 11.2. The first kappa shape index (κ1) is 24.6. The van der Waals surface area contributed by atoms with Crippen LogP contribution in [0.25, 0.3) is 0 Å². The molecule has 11 heteroatoms. The number of ether oxygens (including phenoxy) is 2. The molecule has 2 N–H and O–H groups in total. The van der Waals surface area contributed by atoms with Gasteiger partial charge in [-0.25, -0.2) is 17.9 Å². The normalized spacial score (nSPS) is 11.2. The Kier molecular flexibility index (Phi) is 8.37. The third-order valence-corrected chi connectivity index (χ3v) is 5.97. The first-order valence-electron chi connectivity index (χ1n) is 9.37. The third kappa shape index (κ3) is 6.39. The quantitative estimate of drug-likeness (QED) is 0.403. The van der Waals surface area contributed by atoms with Crippen molar-refractivity contribution in [2.24, 2.45) is 0 Å². The van der Waals surface area contributed by atoms with Gasteiger partial charge in [-0.05, 0) is 45.0 Å². The van der Waals surface area contributed by atoms with E-state index in [1.54, 1.807) is 20.8 Å². The fraction of sp³-hybridized carbons (Fsp3) is 0.350. The zero-order chi connectivity index (χ0) is 23.2. The molecular formula is C20H23ClN2O7S. The summed E-state index contributed by atoms with van der Waals surface area (Å²) in [5, 5.41) is 0.395. The van der Waals surface area contributed by atoms with Gasteiger partial charge in [0.05, 0.1) is 29.1 Å². The fourth-order valence-electron chi connectivity index (χ4n) is 2.86. The van der Waals surface area contributed by atoms with Crippen molar-refractivity contribution in [1.82, 2.24) is 9.71 Å². The Labute approximate surface area is 185 Å². The van der Waals surface area contributed by atoms with Gasteiger partial charge >= 0.3 is 11.9 Å². The second-order valence-corrected chi connectivity index (χ2v) is 8.73. The average Bonchev–Trinajstić information content (AvgIpc) is 3.00. The largest absolute Gasteiger partial charge is 0.462 e. The predicted octanol–water partition coefficient (Wildman–Crippen LogP) is 2.56. The zero-order valence-corrected chi connectivity index (χ0v) is 18.9. The number of aromatic amines is 1.